The van der Waals surface area contributed by atoms with Crippen LogP contribution in [0, 0.1) is 34.5 Å². The highest BCUT2D eigenvalue weighted by molar-refractivity contribution is 7.80. The number of fused-ring (bicyclic) bond motifs is 5. The predicted octanol–water partition coefficient (Wildman–Crippen LogP) is -2.67. The topological polar surface area (TPSA) is 422 Å². The fraction of sp³-hybridized carbons (Fsp3) is 0.927. The van der Waals surface area contributed by atoms with Gasteiger partial charge in [-0.2, -0.15) is 0 Å². The van der Waals surface area contributed by atoms with E-state index in [9.17, 15) is 79.4 Å². The summed E-state index contributed by atoms with van der Waals surface area (Å²) in [4.78, 5) is 0. The van der Waals surface area contributed by atoms with Crippen molar-refractivity contribution in [3.8, 4) is 0 Å². The summed E-state index contributed by atoms with van der Waals surface area (Å²) in [7, 11) is -5.12. The maximum atomic E-state index is 12.4. The zero-order chi connectivity index (χ0) is 60.7. The van der Waals surface area contributed by atoms with Gasteiger partial charge in [-0.1, -0.05) is 37.1 Å². The van der Waals surface area contributed by atoms with Gasteiger partial charge in [0.1, 0.15) is 91.6 Å². The first-order valence-electron chi connectivity index (χ1n) is 29.1. The predicted molar refractivity (Wildman–Crippen MR) is 279 cm³/mol. The van der Waals surface area contributed by atoms with Crippen LogP contribution in [0.2, 0.25) is 0 Å². The average Bonchev–Trinajstić information content (AvgIpc) is 2.34. The zero-order valence-electron chi connectivity index (χ0n) is 48.0. The zero-order valence-corrected chi connectivity index (χ0v) is 48.8. The Hall–Kier alpha value is -1.57. The van der Waals surface area contributed by atoms with E-state index in [0.29, 0.717) is 32.1 Å². The third-order valence-electron chi connectivity index (χ3n) is 20.1. The lowest BCUT2D eigenvalue weighted by Crippen LogP contribution is -2.66. The molecule has 0 bridgehead atoms. The van der Waals surface area contributed by atoms with Crippen molar-refractivity contribution < 1.29 is 131 Å². The number of hydrogen-bond donors (Lipinski definition) is 13. The fourth-order valence-corrected chi connectivity index (χ4v) is 15.7. The summed E-state index contributed by atoms with van der Waals surface area (Å²) in [6, 6.07) is 0. The molecule has 0 spiro atoms. The van der Waals surface area contributed by atoms with E-state index >= 15 is 0 Å². The lowest BCUT2D eigenvalue weighted by atomic mass is 9.47. The summed E-state index contributed by atoms with van der Waals surface area (Å²) in [6.45, 7) is 12.9. The molecule has 4 aliphatic carbocycles. The highest BCUT2D eigenvalue weighted by Crippen LogP contribution is 2.67. The molecule has 0 aromatic carbocycles. The van der Waals surface area contributed by atoms with Crippen molar-refractivity contribution >= 4 is 10.4 Å². The normalized spacial score (nSPS) is 51.6. The second-order valence-corrected chi connectivity index (χ2v) is 26.8. The molecule has 0 unspecified atom stereocenters. The van der Waals surface area contributed by atoms with E-state index in [0.717, 1.165) is 11.1 Å². The molecule has 83 heavy (non-hydrogen) atoms. The van der Waals surface area contributed by atoms with Crippen molar-refractivity contribution in [2.75, 3.05) is 13.2 Å². The van der Waals surface area contributed by atoms with Gasteiger partial charge in [-0.05, 0) is 127 Å². The van der Waals surface area contributed by atoms with Crippen molar-refractivity contribution in [2.24, 2.45) is 34.5 Å². The van der Waals surface area contributed by atoms with E-state index in [1.807, 2.05) is 19.9 Å². The number of allylic oxidation sites excluding steroid dienone is 3. The molecule has 478 valence electrons. The Kier molecular flexibility index (Phi) is 20.1. The minimum Gasteiger partial charge on any atom is -0.726 e. The van der Waals surface area contributed by atoms with Crippen LogP contribution in [0.3, 0.4) is 0 Å². The molecule has 9 aliphatic rings. The summed E-state index contributed by atoms with van der Waals surface area (Å²) in [5.41, 5.74) is -0.448. The number of aliphatic hydroxyl groups excluding tert-OH is 12. The van der Waals surface area contributed by atoms with E-state index in [-0.39, 0.29) is 37.0 Å². The number of rotatable bonds is 16. The van der Waals surface area contributed by atoms with Crippen LogP contribution < -0.4 is 0 Å². The quantitative estimate of drug-likeness (QED) is 0.0426. The lowest BCUT2D eigenvalue weighted by molar-refractivity contribution is -0.394. The van der Waals surface area contributed by atoms with Crippen LogP contribution in [-0.2, 0) is 62.0 Å². The van der Waals surface area contributed by atoms with E-state index in [4.69, 9.17) is 51.6 Å². The highest BCUT2D eigenvalue weighted by Gasteiger charge is 2.64. The first kappa shape index (κ1) is 65.9. The van der Waals surface area contributed by atoms with Crippen LogP contribution in [0.4, 0.5) is 0 Å². The van der Waals surface area contributed by atoms with Crippen LogP contribution in [0.5, 0.6) is 0 Å². The largest absolute Gasteiger partial charge is 0.726 e. The summed E-state index contributed by atoms with van der Waals surface area (Å²) < 4.78 is 102. The Morgan fingerprint density at radius 3 is 1.78 bits per heavy atom. The van der Waals surface area contributed by atoms with Gasteiger partial charge >= 0.3 is 0 Å². The van der Waals surface area contributed by atoms with Crippen molar-refractivity contribution in [3.05, 3.63) is 23.3 Å². The molecule has 9 rings (SSSR count). The molecule has 8 fully saturated rings. The van der Waals surface area contributed by atoms with Crippen molar-refractivity contribution in [2.45, 2.75) is 272 Å². The second-order valence-electron chi connectivity index (χ2n) is 25.8. The molecule has 0 aromatic rings. The standard InChI is InChI=1S/C55H90O27S/c1-21(2)9-12-34(57)55(8,68)33-11-10-27-26-18-31(29-17-25(82-83(69,70)71)13-15-53(29,6)28(26)14-16-54(27,33)7)77-50-44(67)45(37(60)24(5)76-50)79-52-47(81-49-43(66)41(64)36(59)23(4)75-49)39(62)32(20-73-52)78-51-46(38(61)30(56)19-72-51)80-48-42(65)40(63)35(58)22(3)74-48/h9,14,22-27,29-52,56-68H,10-13,15-20H2,1-8H3,(H,69,70,71)/p-1/t22-,23-,24-,25+,26+,27+,29-,30-,31+,32-,33+,34+,35+,36-,37-,38+,39+,40+,41+,42-,43-,44-,45+,46-,47-,48+,49+,50+,51+,52+,53-,54+,55-/m1/s1. The third-order valence-corrected chi connectivity index (χ3v) is 20.6. The molecule has 5 saturated heterocycles. The minimum atomic E-state index is -5.12. The number of ether oxygens (including phenoxy) is 10. The van der Waals surface area contributed by atoms with Gasteiger partial charge in [-0.15, -0.1) is 0 Å². The van der Waals surface area contributed by atoms with Gasteiger partial charge in [0.15, 0.2) is 31.5 Å². The highest BCUT2D eigenvalue weighted by atomic mass is 32.3. The van der Waals surface area contributed by atoms with Crippen LogP contribution in [0.25, 0.3) is 0 Å². The molecule has 0 amide bonds. The van der Waals surface area contributed by atoms with E-state index in [1.165, 1.54) is 20.8 Å². The Morgan fingerprint density at radius 1 is 0.663 bits per heavy atom. The van der Waals surface area contributed by atoms with Gasteiger partial charge in [0, 0.05) is 0 Å². The molecular formula is C55H89O27S-. The van der Waals surface area contributed by atoms with Crippen LogP contribution in [-0.4, -0.2) is 258 Å². The molecular weight excluding hydrogens is 1120 g/mol. The molecule has 28 heteroatoms. The van der Waals surface area contributed by atoms with E-state index in [1.54, 1.807) is 6.92 Å². The average molecular weight is 1210 g/mol. The molecule has 3 saturated carbocycles. The molecule has 13 N–H and O–H groups in total. The Balaban J connectivity index is 0.976. The van der Waals surface area contributed by atoms with Gasteiger partial charge in [0.2, 0.25) is 10.4 Å². The maximum absolute atomic E-state index is 12.4. The van der Waals surface area contributed by atoms with Crippen molar-refractivity contribution in [1.29, 1.82) is 0 Å². The van der Waals surface area contributed by atoms with Crippen molar-refractivity contribution in [1.82, 2.24) is 0 Å². The smallest absolute Gasteiger partial charge is 0.217 e. The van der Waals surface area contributed by atoms with Crippen LogP contribution in [0.15, 0.2) is 23.3 Å². The molecule has 33 atom stereocenters. The van der Waals surface area contributed by atoms with Gasteiger partial charge in [-0.25, -0.2) is 8.42 Å². The summed E-state index contributed by atoms with van der Waals surface area (Å²) in [5, 5.41) is 146. The number of hydrogen-bond acceptors (Lipinski definition) is 27. The molecule has 5 heterocycles. The second kappa shape index (κ2) is 25.4. The Labute approximate surface area is 482 Å². The molecule has 27 nitrogen and oxygen atoms in total. The molecule has 0 radical (unpaired) electrons. The van der Waals surface area contributed by atoms with Gasteiger partial charge in [0.05, 0.1) is 55.4 Å². The van der Waals surface area contributed by atoms with Gasteiger partial charge < -0.3 is 118 Å². The van der Waals surface area contributed by atoms with Crippen LogP contribution in [0.1, 0.15) is 107 Å². The van der Waals surface area contributed by atoms with E-state index < -0.39 is 206 Å². The first-order valence-corrected chi connectivity index (χ1v) is 30.4. The Morgan fingerprint density at radius 2 is 1.19 bits per heavy atom. The van der Waals surface area contributed by atoms with Crippen LogP contribution >= 0.6 is 0 Å². The fourth-order valence-electron chi connectivity index (χ4n) is 15.2. The molecule has 0 aromatic heterocycles. The molecule has 5 aliphatic heterocycles. The Bertz CT molecular complexity index is 2380. The summed E-state index contributed by atoms with van der Waals surface area (Å²) in [6.07, 6.45) is -33.5. The monoisotopic (exact) mass is 1210 g/mol. The summed E-state index contributed by atoms with van der Waals surface area (Å²) in [5.74, 6) is -1.01. The number of aliphatic hydroxyl groups is 13. The first-order chi connectivity index (χ1) is 38.8. The maximum Gasteiger partial charge on any atom is 0.217 e. The SMILES string of the molecule is CC(C)=CC[C@H](O)[C@](C)(O)[C@H]1CC[C@H]2[C@@H]3C[C@H](O[C@@H]4O[C@H](C)[C@@H](O)[C@H](O[C@@H]5OC[C@@H](O[C@@H]6OC[C@@H](O)[C@H](O)[C@H]6O[C@@H]6O[C@H](C)[C@H](O)[C@H](O)[C@H]6O)[C@H](O)[C@H]5O[C@@H]5O[C@H](C)[C@@H](O)[C@H](O)[C@H]5O)[C@H]4O)[C@H]4C[C@@H](OS(=O)(=O)[O-])CC[C@]4(C)C3=CC[C@]12C. The van der Waals surface area contributed by atoms with Gasteiger partial charge in [-0.3, -0.25) is 4.18 Å². The van der Waals surface area contributed by atoms with E-state index in [2.05, 4.69) is 19.9 Å². The van der Waals surface area contributed by atoms with Gasteiger partial charge in [0.25, 0.3) is 0 Å². The summed E-state index contributed by atoms with van der Waals surface area (Å²) >= 11 is 0. The third kappa shape index (κ3) is 13.0. The minimum absolute atomic E-state index is 0.0199. The lowest BCUT2D eigenvalue weighted by Gasteiger charge is -2.60. The van der Waals surface area contributed by atoms with Crippen molar-refractivity contribution in [3.63, 3.8) is 0 Å².